The van der Waals surface area contributed by atoms with Crippen LogP contribution in [0.25, 0.3) is 16.9 Å². The molecule has 2 N–H and O–H groups in total. The summed E-state index contributed by atoms with van der Waals surface area (Å²) in [5, 5.41) is 8.22. The molecule has 0 fully saturated rings. The molecule has 4 aromatic rings. The van der Waals surface area contributed by atoms with Crippen LogP contribution in [0.1, 0.15) is 22.6 Å². The van der Waals surface area contributed by atoms with Gasteiger partial charge in [0.2, 0.25) is 0 Å². The number of benzene rings is 2. The number of aryl methyl sites for hydroxylation is 2. The van der Waals surface area contributed by atoms with Gasteiger partial charge in [0.1, 0.15) is 11.6 Å². The van der Waals surface area contributed by atoms with Crippen molar-refractivity contribution < 1.29 is 4.39 Å². The molecule has 0 bridgehead atoms. The number of H-pyrrole nitrogens is 1. The number of aromatic nitrogens is 4. The molecular weight excluding hydrogens is 365 g/mol. The molecule has 6 heteroatoms. The minimum Gasteiger partial charge on any atom is -0.346 e. The first-order valence-electron chi connectivity index (χ1n) is 9.71. The molecule has 2 aromatic heterocycles. The summed E-state index contributed by atoms with van der Waals surface area (Å²) in [6, 6.07) is 14.7. The second-order valence-electron chi connectivity index (χ2n) is 7.24. The molecular formula is C23H24FN5. The Hall–Kier alpha value is -3.25. The molecule has 0 saturated heterocycles. The van der Waals surface area contributed by atoms with Gasteiger partial charge in [-0.25, -0.2) is 14.1 Å². The summed E-state index contributed by atoms with van der Waals surface area (Å²) in [4.78, 5) is 7.57. The number of halogens is 1. The summed E-state index contributed by atoms with van der Waals surface area (Å²) in [6.07, 6.45) is 4.66. The van der Waals surface area contributed by atoms with E-state index in [1.165, 1.54) is 17.7 Å². The lowest BCUT2D eigenvalue weighted by Crippen LogP contribution is -2.17. The van der Waals surface area contributed by atoms with Gasteiger partial charge in [-0.05, 0) is 43.7 Å². The highest BCUT2D eigenvalue weighted by atomic mass is 19.1. The van der Waals surface area contributed by atoms with E-state index in [1.54, 1.807) is 6.07 Å². The smallest absolute Gasteiger partial charge is 0.123 e. The van der Waals surface area contributed by atoms with Crippen molar-refractivity contribution in [2.45, 2.75) is 26.8 Å². The van der Waals surface area contributed by atoms with Gasteiger partial charge in [0, 0.05) is 48.7 Å². The van der Waals surface area contributed by atoms with Gasteiger partial charge in [0.25, 0.3) is 0 Å². The number of nitrogens with zero attached hydrogens (tertiary/aromatic N) is 3. The Morgan fingerprint density at radius 2 is 1.97 bits per heavy atom. The molecule has 0 aliphatic carbocycles. The fraction of sp³-hybridized carbons (Fsp3) is 0.217. The van der Waals surface area contributed by atoms with Crippen LogP contribution in [0.3, 0.4) is 0 Å². The van der Waals surface area contributed by atoms with Crippen LogP contribution in [-0.4, -0.2) is 26.3 Å². The van der Waals surface area contributed by atoms with Crippen molar-refractivity contribution in [3.8, 4) is 16.9 Å². The number of hydrogen-bond donors (Lipinski definition) is 2. The van der Waals surface area contributed by atoms with E-state index >= 15 is 0 Å². The topological polar surface area (TPSA) is 58.5 Å². The summed E-state index contributed by atoms with van der Waals surface area (Å²) in [7, 11) is 0. The first-order chi connectivity index (χ1) is 14.1. The van der Waals surface area contributed by atoms with Crippen molar-refractivity contribution in [1.82, 2.24) is 25.1 Å². The maximum Gasteiger partial charge on any atom is 0.123 e. The lowest BCUT2D eigenvalue weighted by Gasteiger charge is -2.05. The minimum atomic E-state index is -0.264. The minimum absolute atomic E-state index is 0.264. The number of nitrogens with one attached hydrogen (secondary N) is 2. The lowest BCUT2D eigenvalue weighted by molar-refractivity contribution is 0.628. The third-order valence-corrected chi connectivity index (χ3v) is 4.76. The molecule has 0 atom stereocenters. The van der Waals surface area contributed by atoms with E-state index in [4.69, 9.17) is 5.10 Å². The van der Waals surface area contributed by atoms with E-state index in [2.05, 4.69) is 34.3 Å². The highest BCUT2D eigenvalue weighted by Gasteiger charge is 2.13. The summed E-state index contributed by atoms with van der Waals surface area (Å²) in [5.74, 6) is 0.704. The van der Waals surface area contributed by atoms with Crippen molar-refractivity contribution >= 4 is 0 Å². The van der Waals surface area contributed by atoms with E-state index < -0.39 is 0 Å². The van der Waals surface area contributed by atoms with Gasteiger partial charge in [-0.1, -0.05) is 24.3 Å². The maximum absolute atomic E-state index is 13.8. The van der Waals surface area contributed by atoms with Crippen LogP contribution in [0, 0.1) is 19.7 Å². The van der Waals surface area contributed by atoms with Crippen LogP contribution in [0.15, 0.2) is 60.9 Å². The number of hydrogen-bond acceptors (Lipinski definition) is 3. The Kier molecular flexibility index (Phi) is 5.53. The van der Waals surface area contributed by atoms with Crippen LogP contribution >= 0.6 is 0 Å². The first kappa shape index (κ1) is 19.1. The first-order valence-corrected chi connectivity index (χ1v) is 9.71. The zero-order valence-corrected chi connectivity index (χ0v) is 16.6. The molecule has 2 aromatic carbocycles. The van der Waals surface area contributed by atoms with E-state index in [0.29, 0.717) is 6.54 Å². The monoisotopic (exact) mass is 389 g/mol. The van der Waals surface area contributed by atoms with Crippen LogP contribution in [0.5, 0.6) is 0 Å². The largest absolute Gasteiger partial charge is 0.346 e. The van der Waals surface area contributed by atoms with Gasteiger partial charge in [-0.15, -0.1) is 0 Å². The predicted molar refractivity (Wildman–Crippen MR) is 112 cm³/mol. The Bertz CT molecular complexity index is 1110. The van der Waals surface area contributed by atoms with Crippen LogP contribution in [0.2, 0.25) is 0 Å². The number of aromatic amines is 1. The van der Waals surface area contributed by atoms with Gasteiger partial charge in [0.15, 0.2) is 0 Å². The maximum atomic E-state index is 13.8. The molecule has 4 rings (SSSR count). The summed E-state index contributed by atoms with van der Waals surface area (Å²) in [6.45, 7) is 5.47. The predicted octanol–water partition coefficient (Wildman–Crippen LogP) is 4.35. The standard InChI is InChI=1S/C23H24FN5/c1-16-5-3-8-21(11-16)29-15-19(14-25-10-9-22-26-13-17(2)27-22)23(28-29)18-6-4-7-20(24)12-18/h3-8,11-13,15,25H,9-10,14H2,1-2H3,(H,26,27). The van der Waals surface area contributed by atoms with Gasteiger partial charge >= 0.3 is 0 Å². The third kappa shape index (κ3) is 4.60. The van der Waals surface area contributed by atoms with E-state index in [1.807, 2.05) is 42.2 Å². The van der Waals surface area contributed by atoms with Gasteiger partial charge in [-0.3, -0.25) is 0 Å². The molecule has 0 amide bonds. The molecule has 0 saturated carbocycles. The van der Waals surface area contributed by atoms with Crippen LogP contribution < -0.4 is 5.32 Å². The normalized spacial score (nSPS) is 11.1. The summed E-state index contributed by atoms with van der Waals surface area (Å²) in [5.41, 5.74) is 5.79. The van der Waals surface area contributed by atoms with Crippen LogP contribution in [-0.2, 0) is 13.0 Å². The molecule has 29 heavy (non-hydrogen) atoms. The zero-order valence-electron chi connectivity index (χ0n) is 16.6. The van der Waals surface area contributed by atoms with Crippen molar-refractivity contribution in [2.24, 2.45) is 0 Å². The van der Waals surface area contributed by atoms with Crippen molar-refractivity contribution in [3.63, 3.8) is 0 Å². The highest BCUT2D eigenvalue weighted by Crippen LogP contribution is 2.24. The molecule has 0 aliphatic rings. The molecule has 0 spiro atoms. The van der Waals surface area contributed by atoms with Gasteiger partial charge < -0.3 is 10.3 Å². The van der Waals surface area contributed by atoms with Crippen molar-refractivity contribution in [1.29, 1.82) is 0 Å². The molecule has 0 radical (unpaired) electrons. The molecule has 0 aliphatic heterocycles. The van der Waals surface area contributed by atoms with E-state index in [9.17, 15) is 4.39 Å². The van der Waals surface area contributed by atoms with E-state index in [0.717, 1.165) is 47.0 Å². The highest BCUT2D eigenvalue weighted by molar-refractivity contribution is 5.63. The van der Waals surface area contributed by atoms with Gasteiger partial charge in [0.05, 0.1) is 11.4 Å². The summed E-state index contributed by atoms with van der Waals surface area (Å²) >= 11 is 0. The molecule has 2 heterocycles. The van der Waals surface area contributed by atoms with Crippen LogP contribution in [0.4, 0.5) is 4.39 Å². The SMILES string of the molecule is Cc1cccc(-n2cc(CNCCc3ncc(C)[nH]3)c(-c3cccc(F)c3)n2)c1. The van der Waals surface area contributed by atoms with Gasteiger partial charge in [-0.2, -0.15) is 5.10 Å². The Labute approximate surface area is 169 Å². The van der Waals surface area contributed by atoms with Crippen molar-refractivity contribution in [2.75, 3.05) is 6.54 Å². The zero-order chi connectivity index (χ0) is 20.2. The number of rotatable bonds is 7. The quantitative estimate of drug-likeness (QED) is 0.462. The lowest BCUT2D eigenvalue weighted by atomic mass is 10.1. The molecule has 0 unspecified atom stereocenters. The second kappa shape index (κ2) is 8.41. The fourth-order valence-corrected chi connectivity index (χ4v) is 3.34. The Morgan fingerprint density at radius 3 is 2.72 bits per heavy atom. The third-order valence-electron chi connectivity index (χ3n) is 4.76. The van der Waals surface area contributed by atoms with Crippen molar-refractivity contribution in [3.05, 3.63) is 89.4 Å². The average Bonchev–Trinajstić information content (AvgIpc) is 3.31. The summed E-state index contributed by atoms with van der Waals surface area (Å²) < 4.78 is 15.7. The molecule has 5 nitrogen and oxygen atoms in total. The molecule has 148 valence electrons. The average molecular weight is 389 g/mol. The second-order valence-corrected chi connectivity index (χ2v) is 7.24. The fourth-order valence-electron chi connectivity index (χ4n) is 3.34. The Balaban J connectivity index is 1.56. The van der Waals surface area contributed by atoms with E-state index in [-0.39, 0.29) is 5.82 Å². The Morgan fingerprint density at radius 1 is 1.10 bits per heavy atom. The number of imidazole rings is 1.